The molecule has 32 heteroatoms. The van der Waals surface area contributed by atoms with Crippen LogP contribution in [0.4, 0.5) is 19.2 Å². The number of urea groups is 4. The van der Waals surface area contributed by atoms with Crippen molar-refractivity contribution in [3.8, 4) is 23.0 Å². The van der Waals surface area contributed by atoms with Gasteiger partial charge in [0.15, 0.2) is 45.6 Å². The summed E-state index contributed by atoms with van der Waals surface area (Å²) in [6, 6.07) is -0.0850. The van der Waals surface area contributed by atoms with Gasteiger partial charge in [-0.3, -0.25) is 57.4 Å². The summed E-state index contributed by atoms with van der Waals surface area (Å²) in [6.07, 6.45) is 0. The average Bonchev–Trinajstić information content (AvgIpc) is 3.38. The Labute approximate surface area is 351 Å². The number of nitrogens with zero attached hydrogens (tertiary/aromatic N) is 8. The third-order valence-electron chi connectivity index (χ3n) is 13.1. The third-order valence-corrected chi connectivity index (χ3v) is 14.7. The number of carbonyl (C=O) groups excluding carboxylic acids is 4. The van der Waals surface area contributed by atoms with Crippen molar-refractivity contribution < 1.29 is 87.8 Å². The molecule has 2 aromatic rings. The van der Waals surface area contributed by atoms with E-state index in [0.29, 0.717) is 0 Å². The van der Waals surface area contributed by atoms with Crippen LogP contribution in [0.2, 0.25) is 0 Å². The number of fused-ring (bicyclic) bond motifs is 2. The quantitative estimate of drug-likeness (QED) is 0.251. The fraction of sp³-hybridized carbons (Fsp3) is 0.467. The molecular weight excluding hydrogens is 921 g/mol. The lowest BCUT2D eigenvalue weighted by Gasteiger charge is -2.52. The molecule has 9 rings (SSSR count). The van der Waals surface area contributed by atoms with E-state index in [1.165, 1.54) is 27.7 Å². The lowest BCUT2D eigenvalue weighted by Crippen LogP contribution is -2.73. The molecule has 0 spiro atoms. The fourth-order valence-electron chi connectivity index (χ4n) is 10.1. The Morgan fingerprint density at radius 1 is 0.387 bits per heavy atom. The summed E-state index contributed by atoms with van der Waals surface area (Å²) in [7, 11) is -21.1. The monoisotopic (exact) mass is 952 g/mol. The van der Waals surface area contributed by atoms with E-state index in [0.717, 1.165) is 63.5 Å². The first-order valence-electron chi connectivity index (χ1n) is 17.7. The van der Waals surface area contributed by atoms with Crippen molar-refractivity contribution in [3.05, 3.63) is 46.5 Å². The first-order chi connectivity index (χ1) is 28.4. The average molecular weight is 953 g/mol. The van der Waals surface area contributed by atoms with Crippen molar-refractivity contribution in [2.75, 3.05) is 13.3 Å². The molecule has 8 amide bonds. The van der Waals surface area contributed by atoms with E-state index in [1.54, 1.807) is 0 Å². The van der Waals surface area contributed by atoms with Gasteiger partial charge in [0, 0.05) is 22.3 Å². The molecule has 28 nitrogen and oxygen atoms in total. The summed E-state index contributed by atoms with van der Waals surface area (Å²) in [6.45, 7) is 1.74. The second-order valence-electron chi connectivity index (χ2n) is 15.6. The van der Waals surface area contributed by atoms with Gasteiger partial charge in [0.2, 0.25) is 0 Å². The molecule has 0 atom stereocenters. The maximum atomic E-state index is 15.0. The second kappa shape index (κ2) is 12.1. The molecule has 0 aliphatic carbocycles. The summed E-state index contributed by atoms with van der Waals surface area (Å²) in [4.78, 5) is 68.9. The first-order valence-corrected chi connectivity index (χ1v) is 23.2. The zero-order chi connectivity index (χ0) is 45.4. The first kappa shape index (κ1) is 41.7. The van der Waals surface area contributed by atoms with Gasteiger partial charge in [-0.15, -0.1) is 0 Å². The van der Waals surface area contributed by atoms with Crippen LogP contribution in [-0.4, -0.2) is 151 Å². The van der Waals surface area contributed by atoms with Gasteiger partial charge in [-0.05, 0) is 52.0 Å². The molecule has 0 bridgehead atoms. The van der Waals surface area contributed by atoms with Crippen LogP contribution in [0.5, 0.6) is 23.0 Å². The van der Waals surface area contributed by atoms with Gasteiger partial charge in [-0.1, -0.05) is 0 Å². The predicted octanol–water partition coefficient (Wildman–Crippen LogP) is -0.116. The van der Waals surface area contributed by atoms with Gasteiger partial charge in [0.25, 0.3) is 0 Å². The highest BCUT2D eigenvalue weighted by atomic mass is 32.3. The molecule has 0 aromatic heterocycles. The van der Waals surface area contributed by atoms with Gasteiger partial charge in [-0.2, -0.15) is 33.7 Å². The largest absolute Gasteiger partial charge is 0.446 e. The molecule has 336 valence electrons. The summed E-state index contributed by atoms with van der Waals surface area (Å²) in [5.74, 6) is -2.47. The van der Waals surface area contributed by atoms with E-state index in [9.17, 15) is 71.1 Å². The van der Waals surface area contributed by atoms with Crippen molar-refractivity contribution in [2.45, 2.75) is 76.5 Å². The maximum absolute atomic E-state index is 15.0. The van der Waals surface area contributed by atoms with Crippen LogP contribution in [0.25, 0.3) is 0 Å². The van der Waals surface area contributed by atoms with Gasteiger partial charge in [-0.25, -0.2) is 19.2 Å². The molecule has 5 saturated heterocycles. The predicted molar refractivity (Wildman–Crippen MR) is 196 cm³/mol. The fourth-order valence-corrected chi connectivity index (χ4v) is 11.6. The Morgan fingerprint density at radius 2 is 0.565 bits per heavy atom. The van der Waals surface area contributed by atoms with Crippen molar-refractivity contribution in [1.29, 1.82) is 0 Å². The molecule has 7 aliphatic heterocycles. The molecule has 0 radical (unpaired) electrons. The van der Waals surface area contributed by atoms with Gasteiger partial charge < -0.3 is 16.7 Å². The minimum atomic E-state index is -5.26. The third kappa shape index (κ3) is 5.33. The lowest BCUT2D eigenvalue weighted by molar-refractivity contribution is -0.125. The Hall–Kier alpha value is -5.64. The van der Waals surface area contributed by atoms with Gasteiger partial charge in [0.1, 0.15) is 13.3 Å². The molecule has 7 aliphatic rings. The van der Waals surface area contributed by atoms with Crippen LogP contribution in [0.3, 0.4) is 0 Å². The molecule has 0 saturated carbocycles. The number of hydrogen-bond donors (Lipinski definition) is 4. The van der Waals surface area contributed by atoms with E-state index >= 15 is 0 Å². The van der Waals surface area contributed by atoms with Gasteiger partial charge in [0.05, 0.1) is 26.2 Å². The number of benzene rings is 2. The second-order valence-corrected chi connectivity index (χ2v) is 19.7. The molecular formula is C30H32N8O20S4. The Morgan fingerprint density at radius 3 is 0.742 bits per heavy atom. The molecule has 4 N–H and O–H groups in total. The van der Waals surface area contributed by atoms with Crippen molar-refractivity contribution in [2.24, 2.45) is 0 Å². The molecule has 62 heavy (non-hydrogen) atoms. The van der Waals surface area contributed by atoms with Crippen molar-refractivity contribution in [1.82, 2.24) is 39.2 Å². The van der Waals surface area contributed by atoms with E-state index in [-0.39, 0.29) is 22.3 Å². The highest BCUT2D eigenvalue weighted by molar-refractivity contribution is 7.82. The summed E-state index contributed by atoms with van der Waals surface area (Å²) < 4.78 is 153. The Bertz CT molecular complexity index is 2570. The number of hydrogen-bond acceptors (Lipinski definition) is 16. The Balaban J connectivity index is 1.21. The van der Waals surface area contributed by atoms with Crippen molar-refractivity contribution >= 4 is 65.7 Å². The minimum Gasteiger partial charge on any atom is -0.361 e. The standard InChI is InChI=1S/C30H32N8O20S4/c1-27-29(3)35-13-37-25(41)33-11-17-18(22(58-62(52,53)54)8-7-21(17)57-61(49,50)51)12-34-26(42)38(30(37,4)28(33,34)2)14-36(29)24(40)32(27)10-16-15(9-31(27)23(35)39)19(55-59(43,44)45)5-6-20(16)56-60(46,47)48/h5-8H,9-14H2,1-4H3,(H,43,44,45)(H,46,47,48)(H,49,50,51)(H,52,53,54). The van der Waals surface area contributed by atoms with Crippen LogP contribution >= 0.6 is 0 Å². The number of amides is 8. The number of carbonyl (C=O) groups is 4. The normalized spacial score (nSPS) is 28.9. The van der Waals surface area contributed by atoms with Crippen LogP contribution in [-0.2, 0) is 67.8 Å². The van der Waals surface area contributed by atoms with Crippen molar-refractivity contribution in [3.63, 3.8) is 0 Å². The zero-order valence-corrected chi connectivity index (χ0v) is 35.3. The van der Waals surface area contributed by atoms with Gasteiger partial charge >= 0.3 is 65.7 Å². The van der Waals surface area contributed by atoms with Crippen LogP contribution in [0, 0.1) is 0 Å². The SMILES string of the molecule is CC12N3Cc4c(OS(=O)(=O)O)ccc(OS(=O)(=O)O)c4CN1C(=O)N1CN4C(=O)N5Cc6c(OS(=O)(=O)O)ccc(OS(=O)(=O)O)c6CN6C(=O)N(CN(C3=O)C12C)C4(C)C65C. The molecule has 5 fully saturated rings. The zero-order valence-electron chi connectivity index (χ0n) is 32.1. The molecule has 0 unspecified atom stereocenters. The Kier molecular flexibility index (Phi) is 8.13. The van der Waals surface area contributed by atoms with E-state index in [4.69, 9.17) is 16.7 Å². The summed E-state index contributed by atoms with van der Waals surface area (Å²) in [5.41, 5.74) is -8.53. The number of rotatable bonds is 8. The summed E-state index contributed by atoms with van der Waals surface area (Å²) in [5, 5.41) is 0. The summed E-state index contributed by atoms with van der Waals surface area (Å²) >= 11 is 0. The molecule has 7 heterocycles. The smallest absolute Gasteiger partial charge is 0.361 e. The van der Waals surface area contributed by atoms with E-state index in [1.807, 2.05) is 0 Å². The topological polar surface area (TPSA) is 349 Å². The van der Waals surface area contributed by atoms with Crippen LogP contribution < -0.4 is 16.7 Å². The van der Waals surface area contributed by atoms with Crippen LogP contribution in [0.15, 0.2) is 24.3 Å². The van der Waals surface area contributed by atoms with E-state index < -0.39 is 151 Å². The minimum absolute atomic E-state index is 0.276. The van der Waals surface area contributed by atoms with E-state index in [2.05, 4.69) is 0 Å². The lowest BCUT2D eigenvalue weighted by atomic mass is 9.92. The maximum Gasteiger partial charge on any atom is 0.446 e. The highest BCUT2D eigenvalue weighted by Gasteiger charge is 2.81. The van der Waals surface area contributed by atoms with Crippen LogP contribution in [0.1, 0.15) is 49.9 Å². The molecule has 2 aromatic carbocycles. The highest BCUT2D eigenvalue weighted by Crippen LogP contribution is 2.60.